The minimum atomic E-state index is -0.199. The van der Waals surface area contributed by atoms with E-state index in [9.17, 15) is 0 Å². The molecule has 0 fully saturated rings. The zero-order chi connectivity index (χ0) is 8.15. The van der Waals surface area contributed by atoms with Crippen LogP contribution in [-0.4, -0.2) is 11.1 Å². The maximum atomic E-state index is 8.92. The highest BCUT2D eigenvalue weighted by Crippen LogP contribution is 2.07. The third-order valence-corrected chi connectivity index (χ3v) is 1.12. The molecule has 0 aliphatic heterocycles. The van der Waals surface area contributed by atoms with Gasteiger partial charge in [0.05, 0.1) is 0 Å². The van der Waals surface area contributed by atoms with Gasteiger partial charge in [0.25, 0.3) is 0 Å². The molecule has 1 atom stereocenters. The molecule has 0 aliphatic rings. The highest BCUT2D eigenvalue weighted by molar-refractivity contribution is 5.29. The molecule has 2 nitrogen and oxygen atoms in total. The van der Waals surface area contributed by atoms with Crippen LogP contribution in [0.2, 0.25) is 0 Å². The summed E-state index contributed by atoms with van der Waals surface area (Å²) < 4.78 is 0. The number of hydrogen-bond donors (Lipinski definition) is 2. The van der Waals surface area contributed by atoms with Crippen molar-refractivity contribution in [2.24, 2.45) is 5.73 Å². The average molecular weight is 139 g/mol. The van der Waals surface area contributed by atoms with Crippen LogP contribution < -0.4 is 5.73 Å². The van der Waals surface area contributed by atoms with Crippen LogP contribution in [-0.2, 0) is 0 Å². The first-order chi connectivity index (χ1) is 4.59. The van der Waals surface area contributed by atoms with Gasteiger partial charge in [-0.3, -0.25) is 0 Å². The van der Waals surface area contributed by atoms with Crippen LogP contribution in [0.15, 0.2) is 36.6 Å². The van der Waals surface area contributed by atoms with E-state index < -0.39 is 0 Å². The fourth-order valence-corrected chi connectivity index (χ4v) is 0.638. The van der Waals surface area contributed by atoms with Gasteiger partial charge in [0.1, 0.15) is 5.76 Å². The van der Waals surface area contributed by atoms with E-state index >= 15 is 0 Å². The fourth-order valence-electron chi connectivity index (χ4n) is 0.638. The summed E-state index contributed by atoms with van der Waals surface area (Å²) >= 11 is 0. The molecule has 0 saturated heterocycles. The Bertz CT molecular complexity index is 168. The first-order valence-corrected chi connectivity index (χ1v) is 3.06. The molecule has 0 bridgehead atoms. The van der Waals surface area contributed by atoms with Gasteiger partial charge in [0.15, 0.2) is 0 Å². The normalized spacial score (nSPS) is 14.4. The van der Waals surface area contributed by atoms with Gasteiger partial charge < -0.3 is 10.8 Å². The summed E-state index contributed by atoms with van der Waals surface area (Å²) in [6.07, 6.45) is 3.22. The first-order valence-electron chi connectivity index (χ1n) is 3.06. The van der Waals surface area contributed by atoms with Crippen molar-refractivity contribution >= 4 is 0 Å². The lowest BCUT2D eigenvalue weighted by Crippen LogP contribution is -2.18. The van der Waals surface area contributed by atoms with Gasteiger partial charge in [0, 0.05) is 11.6 Å². The van der Waals surface area contributed by atoms with Gasteiger partial charge in [-0.15, -0.1) is 0 Å². The number of allylic oxidation sites excluding steroid dienone is 2. The van der Waals surface area contributed by atoms with Crippen molar-refractivity contribution in [2.75, 3.05) is 0 Å². The molecule has 10 heavy (non-hydrogen) atoms. The van der Waals surface area contributed by atoms with Gasteiger partial charge in [-0.1, -0.05) is 25.3 Å². The van der Waals surface area contributed by atoms with Crippen LogP contribution in [0.3, 0.4) is 0 Å². The van der Waals surface area contributed by atoms with Crippen LogP contribution in [0.25, 0.3) is 0 Å². The minimum Gasteiger partial charge on any atom is -0.508 e. The Morgan fingerprint density at radius 3 is 2.30 bits per heavy atom. The van der Waals surface area contributed by atoms with Crippen molar-refractivity contribution in [2.45, 2.75) is 13.0 Å². The lowest BCUT2D eigenvalue weighted by atomic mass is 10.1. The highest BCUT2D eigenvalue weighted by Gasteiger charge is 2.03. The Morgan fingerprint density at radius 1 is 1.70 bits per heavy atom. The van der Waals surface area contributed by atoms with Gasteiger partial charge in [0.2, 0.25) is 0 Å². The standard InChI is InChI=1S/C8H13NO/c1-4-5-8(6(2)9)7(3)10/h4-6,10H,1,3,9H2,2H3/b8-5-/t6-/m0/s1. The smallest absolute Gasteiger partial charge is 0.113 e. The molecule has 0 heterocycles. The van der Waals surface area contributed by atoms with Gasteiger partial charge in [-0.2, -0.15) is 0 Å². The summed E-state index contributed by atoms with van der Waals surface area (Å²) in [5.74, 6) is 0.00917. The molecule has 0 rings (SSSR count). The predicted molar refractivity (Wildman–Crippen MR) is 43.7 cm³/mol. The summed E-state index contributed by atoms with van der Waals surface area (Å²) in [6.45, 7) is 8.61. The predicted octanol–water partition coefficient (Wildman–Crippen LogP) is 1.52. The van der Waals surface area contributed by atoms with Crippen LogP contribution in [0.1, 0.15) is 6.92 Å². The lowest BCUT2D eigenvalue weighted by molar-refractivity contribution is 0.419. The largest absolute Gasteiger partial charge is 0.508 e. The Morgan fingerprint density at radius 2 is 2.20 bits per heavy atom. The molecule has 3 N–H and O–H groups in total. The molecule has 2 heteroatoms. The van der Waals surface area contributed by atoms with E-state index in [0.29, 0.717) is 5.57 Å². The van der Waals surface area contributed by atoms with Crippen molar-refractivity contribution in [3.8, 4) is 0 Å². The number of nitrogens with two attached hydrogens (primary N) is 1. The van der Waals surface area contributed by atoms with E-state index in [0.717, 1.165) is 0 Å². The van der Waals surface area contributed by atoms with Crippen LogP contribution in [0.4, 0.5) is 0 Å². The molecular weight excluding hydrogens is 126 g/mol. The van der Waals surface area contributed by atoms with Crippen LogP contribution >= 0.6 is 0 Å². The molecule has 56 valence electrons. The van der Waals surface area contributed by atoms with E-state index in [-0.39, 0.29) is 11.8 Å². The molecule has 0 unspecified atom stereocenters. The Labute approximate surface area is 61.4 Å². The quantitative estimate of drug-likeness (QED) is 0.460. The summed E-state index contributed by atoms with van der Waals surface area (Å²) in [6, 6.07) is -0.199. The topological polar surface area (TPSA) is 46.2 Å². The molecule has 0 spiro atoms. The van der Waals surface area contributed by atoms with E-state index in [1.54, 1.807) is 19.1 Å². The number of rotatable bonds is 3. The Hall–Kier alpha value is -1.02. The molecule has 0 radical (unpaired) electrons. The zero-order valence-corrected chi connectivity index (χ0v) is 6.17. The minimum absolute atomic E-state index is 0.00917. The maximum absolute atomic E-state index is 8.92. The lowest BCUT2D eigenvalue weighted by Gasteiger charge is -2.07. The van der Waals surface area contributed by atoms with Gasteiger partial charge in [-0.25, -0.2) is 0 Å². The summed E-state index contributed by atoms with van der Waals surface area (Å²) in [4.78, 5) is 0. The molecule has 0 aromatic rings. The summed E-state index contributed by atoms with van der Waals surface area (Å²) in [5.41, 5.74) is 6.11. The monoisotopic (exact) mass is 139 g/mol. The number of hydrogen-bond acceptors (Lipinski definition) is 2. The summed E-state index contributed by atoms with van der Waals surface area (Å²) in [5, 5.41) is 8.92. The SMILES string of the molecule is C=C/C=C(\C(=C)O)[C@H](C)N. The number of aliphatic hydroxyl groups is 1. The molecule has 0 aliphatic carbocycles. The van der Waals surface area contributed by atoms with Gasteiger partial charge in [-0.05, 0) is 6.92 Å². The van der Waals surface area contributed by atoms with Crippen molar-refractivity contribution in [1.82, 2.24) is 0 Å². The highest BCUT2D eigenvalue weighted by atomic mass is 16.3. The Kier molecular flexibility index (Phi) is 3.51. The molecule has 0 aromatic carbocycles. The first kappa shape index (κ1) is 8.98. The summed E-state index contributed by atoms with van der Waals surface area (Å²) in [7, 11) is 0. The molecule has 0 amide bonds. The van der Waals surface area contributed by atoms with Gasteiger partial charge >= 0.3 is 0 Å². The Balaban J connectivity index is 4.41. The third-order valence-electron chi connectivity index (χ3n) is 1.12. The molecule has 0 saturated carbocycles. The second-order valence-electron chi connectivity index (χ2n) is 2.09. The zero-order valence-electron chi connectivity index (χ0n) is 6.17. The fraction of sp³-hybridized carbons (Fsp3) is 0.250. The van der Waals surface area contributed by atoms with Crippen molar-refractivity contribution in [3.63, 3.8) is 0 Å². The number of aliphatic hydroxyl groups excluding tert-OH is 1. The average Bonchev–Trinajstić information content (AvgIpc) is 1.81. The van der Waals surface area contributed by atoms with E-state index in [4.69, 9.17) is 10.8 Å². The maximum Gasteiger partial charge on any atom is 0.113 e. The van der Waals surface area contributed by atoms with E-state index in [1.807, 2.05) is 0 Å². The molecular formula is C8H13NO. The second kappa shape index (κ2) is 3.90. The van der Waals surface area contributed by atoms with Crippen LogP contribution in [0.5, 0.6) is 0 Å². The van der Waals surface area contributed by atoms with Crippen molar-refractivity contribution < 1.29 is 5.11 Å². The second-order valence-corrected chi connectivity index (χ2v) is 2.09. The van der Waals surface area contributed by atoms with E-state index in [1.165, 1.54) is 0 Å². The molecule has 0 aromatic heterocycles. The third kappa shape index (κ3) is 2.51. The van der Waals surface area contributed by atoms with Crippen LogP contribution in [0, 0.1) is 0 Å². The van der Waals surface area contributed by atoms with E-state index in [2.05, 4.69) is 13.2 Å². The van der Waals surface area contributed by atoms with Crippen molar-refractivity contribution in [3.05, 3.63) is 36.6 Å². The van der Waals surface area contributed by atoms with Crippen molar-refractivity contribution in [1.29, 1.82) is 0 Å².